The minimum atomic E-state index is -0.780. The Morgan fingerprint density at radius 3 is 2.32 bits per heavy atom. The standard InChI is InChI=1S/C28H34N2O7/c1-4-36-21-9-6-19(7-10-21)26(31)24-25(20-8-11-22(37-5-2)23(18-20)34-3)30(28(33)27(24)32)13-12-29-14-16-35-17-15-29/h6-11,18,25,31H,4-5,12-17H2,1-3H3/b26-24+/t25-/m0/s1. The topological polar surface area (TPSA) is 97.8 Å². The van der Waals surface area contributed by atoms with Crippen LogP contribution in [0.2, 0.25) is 0 Å². The molecule has 0 saturated carbocycles. The van der Waals surface area contributed by atoms with Gasteiger partial charge in [0, 0.05) is 31.7 Å². The van der Waals surface area contributed by atoms with E-state index in [-0.39, 0.29) is 11.3 Å². The first-order valence-corrected chi connectivity index (χ1v) is 12.6. The highest BCUT2D eigenvalue weighted by Gasteiger charge is 2.46. The van der Waals surface area contributed by atoms with Gasteiger partial charge in [-0.3, -0.25) is 14.5 Å². The number of likely N-dealkylation sites (tertiary alicyclic amines) is 1. The van der Waals surface area contributed by atoms with Gasteiger partial charge in [-0.2, -0.15) is 0 Å². The fraction of sp³-hybridized carbons (Fsp3) is 0.429. The summed E-state index contributed by atoms with van der Waals surface area (Å²) in [6, 6.07) is 11.3. The summed E-state index contributed by atoms with van der Waals surface area (Å²) in [5, 5.41) is 11.3. The third kappa shape index (κ3) is 5.73. The molecule has 2 aliphatic heterocycles. The van der Waals surface area contributed by atoms with Gasteiger partial charge in [0.2, 0.25) is 0 Å². The molecule has 2 fully saturated rings. The van der Waals surface area contributed by atoms with Crippen molar-refractivity contribution >= 4 is 17.4 Å². The van der Waals surface area contributed by atoms with Gasteiger partial charge in [0.15, 0.2) is 11.5 Å². The Kier molecular flexibility index (Phi) is 8.68. The van der Waals surface area contributed by atoms with Crippen LogP contribution in [0.4, 0.5) is 0 Å². The second-order valence-corrected chi connectivity index (χ2v) is 8.75. The number of amides is 1. The highest BCUT2D eigenvalue weighted by molar-refractivity contribution is 6.46. The van der Waals surface area contributed by atoms with Gasteiger partial charge in [-0.1, -0.05) is 6.07 Å². The molecule has 0 aromatic heterocycles. The molecule has 2 saturated heterocycles. The Hall–Kier alpha value is -3.56. The molecule has 2 aliphatic rings. The summed E-state index contributed by atoms with van der Waals surface area (Å²) >= 11 is 0. The first-order valence-electron chi connectivity index (χ1n) is 12.6. The molecule has 0 spiro atoms. The molecule has 2 aromatic carbocycles. The van der Waals surface area contributed by atoms with Gasteiger partial charge < -0.3 is 29.0 Å². The fourth-order valence-corrected chi connectivity index (χ4v) is 4.69. The number of carbonyl (C=O) groups excluding carboxylic acids is 2. The van der Waals surface area contributed by atoms with E-state index in [9.17, 15) is 14.7 Å². The molecule has 0 unspecified atom stereocenters. The van der Waals surface area contributed by atoms with Gasteiger partial charge in [-0.15, -0.1) is 0 Å². The molecule has 1 N–H and O–H groups in total. The van der Waals surface area contributed by atoms with E-state index in [2.05, 4.69) is 4.90 Å². The summed E-state index contributed by atoms with van der Waals surface area (Å²) in [6.07, 6.45) is 0. The number of hydrogen-bond donors (Lipinski definition) is 1. The van der Waals surface area contributed by atoms with Crippen molar-refractivity contribution in [3.05, 3.63) is 59.2 Å². The summed E-state index contributed by atoms with van der Waals surface area (Å²) in [4.78, 5) is 30.4. The van der Waals surface area contributed by atoms with Crippen LogP contribution in [0.15, 0.2) is 48.0 Å². The number of ketones is 1. The predicted octanol–water partition coefficient (Wildman–Crippen LogP) is 3.25. The lowest BCUT2D eigenvalue weighted by Gasteiger charge is -2.31. The van der Waals surface area contributed by atoms with Crippen LogP contribution in [-0.4, -0.2) is 86.3 Å². The van der Waals surface area contributed by atoms with Crippen LogP contribution in [0.1, 0.15) is 31.0 Å². The van der Waals surface area contributed by atoms with Crippen molar-refractivity contribution in [2.24, 2.45) is 0 Å². The van der Waals surface area contributed by atoms with E-state index >= 15 is 0 Å². The molecule has 9 heteroatoms. The Balaban J connectivity index is 1.75. The van der Waals surface area contributed by atoms with Crippen molar-refractivity contribution in [1.82, 2.24) is 9.80 Å². The van der Waals surface area contributed by atoms with Gasteiger partial charge in [0.25, 0.3) is 11.7 Å². The first-order chi connectivity index (χ1) is 18.0. The quantitative estimate of drug-likeness (QED) is 0.296. The molecule has 0 radical (unpaired) electrons. The Morgan fingerprint density at radius 1 is 0.973 bits per heavy atom. The average Bonchev–Trinajstić information content (AvgIpc) is 3.18. The lowest BCUT2D eigenvalue weighted by Crippen LogP contribution is -2.42. The van der Waals surface area contributed by atoms with Crippen LogP contribution < -0.4 is 14.2 Å². The van der Waals surface area contributed by atoms with Gasteiger partial charge in [-0.25, -0.2) is 0 Å². The SMILES string of the molecule is CCOc1ccc(/C(O)=C2\C(=O)C(=O)N(CCN3CCOCC3)[C@H]2c2ccc(OCC)c(OC)c2)cc1. The monoisotopic (exact) mass is 510 g/mol. The second-order valence-electron chi connectivity index (χ2n) is 8.75. The maximum atomic E-state index is 13.3. The van der Waals surface area contributed by atoms with Crippen LogP contribution in [-0.2, 0) is 14.3 Å². The number of rotatable bonds is 10. The number of aliphatic hydroxyl groups is 1. The maximum absolute atomic E-state index is 13.3. The van der Waals surface area contributed by atoms with E-state index in [4.69, 9.17) is 18.9 Å². The van der Waals surface area contributed by atoms with Crippen LogP contribution in [0, 0.1) is 0 Å². The van der Waals surface area contributed by atoms with Crippen molar-refractivity contribution in [3.63, 3.8) is 0 Å². The number of morpholine rings is 1. The van der Waals surface area contributed by atoms with Gasteiger partial charge in [0.1, 0.15) is 11.5 Å². The lowest BCUT2D eigenvalue weighted by molar-refractivity contribution is -0.140. The van der Waals surface area contributed by atoms with E-state index < -0.39 is 17.7 Å². The number of carbonyl (C=O) groups is 2. The summed E-state index contributed by atoms with van der Waals surface area (Å²) in [6.45, 7) is 8.45. The molecule has 1 amide bonds. The van der Waals surface area contributed by atoms with E-state index in [1.165, 1.54) is 12.0 Å². The predicted molar refractivity (Wildman–Crippen MR) is 138 cm³/mol. The number of hydrogen-bond acceptors (Lipinski definition) is 8. The number of Topliss-reactive ketones (excluding diaryl/α,β-unsaturated/α-hetero) is 1. The molecule has 2 heterocycles. The third-order valence-corrected chi connectivity index (χ3v) is 6.54. The summed E-state index contributed by atoms with van der Waals surface area (Å²) < 4.78 is 22.1. The molecule has 1 atom stereocenters. The Labute approximate surface area is 217 Å². The third-order valence-electron chi connectivity index (χ3n) is 6.54. The molecule has 4 rings (SSSR count). The van der Waals surface area contributed by atoms with Crippen LogP contribution >= 0.6 is 0 Å². The highest BCUT2D eigenvalue weighted by Crippen LogP contribution is 2.42. The van der Waals surface area contributed by atoms with Crippen molar-refractivity contribution in [3.8, 4) is 17.2 Å². The zero-order valence-electron chi connectivity index (χ0n) is 21.6. The molecule has 198 valence electrons. The van der Waals surface area contributed by atoms with Crippen molar-refractivity contribution < 1.29 is 33.6 Å². The zero-order valence-corrected chi connectivity index (χ0v) is 21.6. The number of methoxy groups -OCH3 is 1. The van der Waals surface area contributed by atoms with E-state index in [1.54, 1.807) is 42.5 Å². The van der Waals surface area contributed by atoms with Gasteiger partial charge in [-0.05, 0) is 55.8 Å². The number of ether oxygens (including phenoxy) is 4. The molecule has 2 aromatic rings. The Bertz CT molecular complexity index is 1140. The molecular weight excluding hydrogens is 476 g/mol. The maximum Gasteiger partial charge on any atom is 0.295 e. The summed E-state index contributed by atoms with van der Waals surface area (Å²) in [5.74, 6) is 0.112. The zero-order chi connectivity index (χ0) is 26.4. The highest BCUT2D eigenvalue weighted by atomic mass is 16.5. The minimum absolute atomic E-state index is 0.0438. The first kappa shape index (κ1) is 26.5. The average molecular weight is 511 g/mol. The van der Waals surface area contributed by atoms with Crippen molar-refractivity contribution in [2.75, 3.05) is 59.7 Å². The van der Waals surface area contributed by atoms with Crippen molar-refractivity contribution in [1.29, 1.82) is 0 Å². The molecule has 9 nitrogen and oxygen atoms in total. The summed E-state index contributed by atoms with van der Waals surface area (Å²) in [7, 11) is 1.54. The van der Waals surface area contributed by atoms with Crippen LogP contribution in [0.5, 0.6) is 17.2 Å². The van der Waals surface area contributed by atoms with Gasteiger partial charge >= 0.3 is 0 Å². The van der Waals surface area contributed by atoms with Gasteiger partial charge in [0.05, 0.1) is 45.2 Å². The van der Waals surface area contributed by atoms with E-state index in [0.29, 0.717) is 67.9 Å². The largest absolute Gasteiger partial charge is 0.507 e. The minimum Gasteiger partial charge on any atom is -0.507 e. The summed E-state index contributed by atoms with van der Waals surface area (Å²) in [5.41, 5.74) is 1.12. The number of nitrogens with zero attached hydrogens (tertiary/aromatic N) is 2. The lowest BCUT2D eigenvalue weighted by atomic mass is 9.95. The molecule has 0 bridgehead atoms. The fourth-order valence-electron chi connectivity index (χ4n) is 4.69. The molecule has 0 aliphatic carbocycles. The van der Waals surface area contributed by atoms with E-state index in [1.807, 2.05) is 13.8 Å². The second kappa shape index (κ2) is 12.1. The number of benzene rings is 2. The van der Waals surface area contributed by atoms with Crippen molar-refractivity contribution in [2.45, 2.75) is 19.9 Å². The van der Waals surface area contributed by atoms with E-state index in [0.717, 1.165) is 13.1 Å². The van der Waals surface area contributed by atoms with Crippen LogP contribution in [0.3, 0.4) is 0 Å². The molecular formula is C28H34N2O7. The Morgan fingerprint density at radius 2 is 1.68 bits per heavy atom. The molecule has 37 heavy (non-hydrogen) atoms. The smallest absolute Gasteiger partial charge is 0.295 e. The number of aliphatic hydroxyl groups excluding tert-OH is 1. The normalized spacial score (nSPS) is 19.8. The van der Waals surface area contributed by atoms with Crippen LogP contribution in [0.25, 0.3) is 5.76 Å².